The van der Waals surface area contributed by atoms with E-state index in [2.05, 4.69) is 19.9 Å². The van der Waals surface area contributed by atoms with Crippen molar-refractivity contribution in [2.45, 2.75) is 19.3 Å². The van der Waals surface area contributed by atoms with Gasteiger partial charge in [-0.15, -0.1) is 0 Å². The van der Waals surface area contributed by atoms with E-state index in [1.807, 2.05) is 38.2 Å². The molecule has 0 saturated carbocycles. The Balaban J connectivity index is 1.80. The van der Waals surface area contributed by atoms with Gasteiger partial charge in [-0.25, -0.2) is 15.0 Å². The lowest BCUT2D eigenvalue weighted by Crippen LogP contribution is -2.21. The van der Waals surface area contributed by atoms with Crippen LogP contribution >= 0.6 is 0 Å². The molecule has 1 aliphatic heterocycles. The van der Waals surface area contributed by atoms with Crippen LogP contribution in [0.1, 0.15) is 23.9 Å². The summed E-state index contributed by atoms with van der Waals surface area (Å²) in [5, 5.41) is 0. The third kappa shape index (κ3) is 2.94. The molecule has 2 aromatic heterocycles. The fourth-order valence-electron chi connectivity index (χ4n) is 2.62. The first-order valence-corrected chi connectivity index (χ1v) is 7.17. The molecule has 0 spiro atoms. The van der Waals surface area contributed by atoms with Crippen molar-refractivity contribution in [2.24, 2.45) is 0 Å². The fraction of sp³-hybridized carbons (Fsp3) is 0.467. The van der Waals surface area contributed by atoms with Crippen LogP contribution in [0, 0.1) is 6.92 Å². The van der Waals surface area contributed by atoms with Gasteiger partial charge < -0.3 is 9.80 Å². The SMILES string of the molecule is Cc1cc(N(C)C)nc(C2CCN(c3cnccn3)C2)n1. The summed E-state index contributed by atoms with van der Waals surface area (Å²) in [6.07, 6.45) is 6.29. The van der Waals surface area contributed by atoms with E-state index in [-0.39, 0.29) is 0 Å². The van der Waals surface area contributed by atoms with Crippen LogP contribution in [0.5, 0.6) is 0 Å². The minimum Gasteiger partial charge on any atom is -0.363 e. The highest BCUT2D eigenvalue weighted by Gasteiger charge is 2.27. The maximum atomic E-state index is 4.70. The summed E-state index contributed by atoms with van der Waals surface area (Å²) < 4.78 is 0. The van der Waals surface area contributed by atoms with Gasteiger partial charge in [-0.2, -0.15) is 0 Å². The summed E-state index contributed by atoms with van der Waals surface area (Å²) in [7, 11) is 4.01. The van der Waals surface area contributed by atoms with Gasteiger partial charge in [0, 0.05) is 57.3 Å². The number of anilines is 2. The van der Waals surface area contributed by atoms with E-state index in [9.17, 15) is 0 Å². The Labute approximate surface area is 124 Å². The van der Waals surface area contributed by atoms with Crippen LogP contribution in [0.2, 0.25) is 0 Å². The first-order chi connectivity index (χ1) is 10.1. The monoisotopic (exact) mass is 284 g/mol. The minimum absolute atomic E-state index is 0.352. The van der Waals surface area contributed by atoms with Crippen molar-refractivity contribution in [1.82, 2.24) is 19.9 Å². The molecular weight excluding hydrogens is 264 g/mol. The van der Waals surface area contributed by atoms with Gasteiger partial charge in [-0.1, -0.05) is 0 Å². The van der Waals surface area contributed by atoms with Crippen LogP contribution in [0.25, 0.3) is 0 Å². The van der Waals surface area contributed by atoms with Gasteiger partial charge >= 0.3 is 0 Å². The molecule has 0 aromatic carbocycles. The quantitative estimate of drug-likeness (QED) is 0.854. The average Bonchev–Trinajstić information content (AvgIpc) is 2.97. The Morgan fingerprint density at radius 2 is 2.10 bits per heavy atom. The lowest BCUT2D eigenvalue weighted by Gasteiger charge is -2.18. The van der Waals surface area contributed by atoms with Gasteiger partial charge in [0.15, 0.2) is 0 Å². The summed E-state index contributed by atoms with van der Waals surface area (Å²) in [5.74, 6) is 3.19. The zero-order chi connectivity index (χ0) is 14.8. The summed E-state index contributed by atoms with van der Waals surface area (Å²) in [6, 6.07) is 2.01. The number of hydrogen-bond donors (Lipinski definition) is 0. The second kappa shape index (κ2) is 5.63. The lowest BCUT2D eigenvalue weighted by molar-refractivity contribution is 0.702. The minimum atomic E-state index is 0.352. The predicted octanol–water partition coefficient (Wildman–Crippen LogP) is 1.63. The van der Waals surface area contributed by atoms with E-state index >= 15 is 0 Å². The number of nitrogens with zero attached hydrogens (tertiary/aromatic N) is 6. The van der Waals surface area contributed by atoms with Crippen molar-refractivity contribution in [3.8, 4) is 0 Å². The second-order valence-electron chi connectivity index (χ2n) is 5.62. The van der Waals surface area contributed by atoms with E-state index in [0.29, 0.717) is 5.92 Å². The number of hydrogen-bond acceptors (Lipinski definition) is 6. The van der Waals surface area contributed by atoms with E-state index in [1.165, 1.54) is 0 Å². The summed E-state index contributed by atoms with van der Waals surface area (Å²) in [5.41, 5.74) is 1.02. The van der Waals surface area contributed by atoms with E-state index in [4.69, 9.17) is 4.98 Å². The Morgan fingerprint density at radius 1 is 1.24 bits per heavy atom. The van der Waals surface area contributed by atoms with Gasteiger partial charge in [-0.05, 0) is 13.3 Å². The zero-order valence-corrected chi connectivity index (χ0v) is 12.7. The first-order valence-electron chi connectivity index (χ1n) is 7.17. The highest BCUT2D eigenvalue weighted by Crippen LogP contribution is 2.28. The molecule has 0 amide bonds. The van der Waals surface area contributed by atoms with E-state index in [1.54, 1.807) is 12.4 Å². The molecule has 2 aromatic rings. The van der Waals surface area contributed by atoms with Gasteiger partial charge in [0.25, 0.3) is 0 Å². The number of rotatable bonds is 3. The highest BCUT2D eigenvalue weighted by atomic mass is 15.2. The Bertz CT molecular complexity index is 613. The van der Waals surface area contributed by atoms with Crippen LogP contribution in [-0.2, 0) is 0 Å². The molecule has 1 atom stereocenters. The molecule has 6 heteroatoms. The van der Waals surface area contributed by atoms with Crippen molar-refractivity contribution < 1.29 is 0 Å². The fourth-order valence-corrected chi connectivity index (χ4v) is 2.62. The molecule has 1 saturated heterocycles. The maximum Gasteiger partial charge on any atom is 0.147 e. The van der Waals surface area contributed by atoms with E-state index < -0.39 is 0 Å². The van der Waals surface area contributed by atoms with Crippen LogP contribution in [0.3, 0.4) is 0 Å². The summed E-state index contributed by atoms with van der Waals surface area (Å²) in [4.78, 5) is 22.1. The smallest absolute Gasteiger partial charge is 0.147 e. The van der Waals surface area contributed by atoms with Crippen molar-refractivity contribution in [1.29, 1.82) is 0 Å². The first kappa shape index (κ1) is 13.7. The Kier molecular flexibility index (Phi) is 3.68. The van der Waals surface area contributed by atoms with Crippen molar-refractivity contribution in [3.63, 3.8) is 0 Å². The molecule has 1 fully saturated rings. The number of aryl methyl sites for hydroxylation is 1. The molecule has 0 aliphatic carbocycles. The molecule has 6 nitrogen and oxygen atoms in total. The molecule has 0 radical (unpaired) electrons. The third-order valence-corrected chi connectivity index (χ3v) is 3.74. The Hall–Kier alpha value is -2.24. The van der Waals surface area contributed by atoms with Crippen LogP contribution < -0.4 is 9.80 Å². The summed E-state index contributed by atoms with van der Waals surface area (Å²) in [6.45, 7) is 3.89. The van der Waals surface area contributed by atoms with Gasteiger partial charge in [0.2, 0.25) is 0 Å². The van der Waals surface area contributed by atoms with Crippen LogP contribution in [0.4, 0.5) is 11.6 Å². The zero-order valence-electron chi connectivity index (χ0n) is 12.7. The highest BCUT2D eigenvalue weighted by molar-refractivity contribution is 5.40. The Morgan fingerprint density at radius 3 is 2.81 bits per heavy atom. The second-order valence-corrected chi connectivity index (χ2v) is 5.62. The van der Waals surface area contributed by atoms with E-state index in [0.717, 1.165) is 42.7 Å². The molecule has 1 unspecified atom stereocenters. The molecule has 3 heterocycles. The molecule has 0 N–H and O–H groups in total. The van der Waals surface area contributed by atoms with Crippen LogP contribution in [-0.4, -0.2) is 47.1 Å². The molecule has 3 rings (SSSR count). The van der Waals surface area contributed by atoms with Gasteiger partial charge in [-0.3, -0.25) is 4.98 Å². The van der Waals surface area contributed by atoms with Crippen molar-refractivity contribution in [3.05, 3.63) is 36.2 Å². The van der Waals surface area contributed by atoms with Gasteiger partial charge in [0.1, 0.15) is 17.5 Å². The molecule has 21 heavy (non-hydrogen) atoms. The normalized spacial score (nSPS) is 18.0. The van der Waals surface area contributed by atoms with Crippen molar-refractivity contribution >= 4 is 11.6 Å². The van der Waals surface area contributed by atoms with Crippen LogP contribution in [0.15, 0.2) is 24.7 Å². The lowest BCUT2D eigenvalue weighted by atomic mass is 10.1. The molecule has 0 bridgehead atoms. The predicted molar refractivity (Wildman–Crippen MR) is 82.7 cm³/mol. The van der Waals surface area contributed by atoms with Crippen molar-refractivity contribution in [2.75, 3.05) is 37.0 Å². The number of aromatic nitrogens is 4. The molecule has 110 valence electrons. The third-order valence-electron chi connectivity index (χ3n) is 3.74. The standard InChI is InChI=1S/C15H20N6/c1-11-8-13(20(2)3)19-15(18-11)12-4-7-21(10-12)14-9-16-5-6-17-14/h5-6,8-9,12H,4,7,10H2,1-3H3. The van der Waals surface area contributed by atoms with Gasteiger partial charge in [0.05, 0.1) is 6.20 Å². The molecule has 1 aliphatic rings. The molecular formula is C15H20N6. The topological polar surface area (TPSA) is 58.0 Å². The largest absolute Gasteiger partial charge is 0.363 e. The maximum absolute atomic E-state index is 4.70. The average molecular weight is 284 g/mol. The summed E-state index contributed by atoms with van der Waals surface area (Å²) >= 11 is 0.